The monoisotopic (exact) mass is 330 g/mol. The number of carbonyl (C=O) groups excluding carboxylic acids is 1. The van der Waals surface area contributed by atoms with E-state index in [9.17, 15) is 18.0 Å². The van der Waals surface area contributed by atoms with Crippen LogP contribution in [0.1, 0.15) is 43.2 Å². The van der Waals surface area contributed by atoms with Crippen molar-refractivity contribution in [1.29, 1.82) is 0 Å². The number of aryl methyl sites for hydroxylation is 1. The van der Waals surface area contributed by atoms with Gasteiger partial charge in [0.2, 0.25) is 0 Å². The molecule has 0 aromatic carbocycles. The minimum absolute atomic E-state index is 0.0333. The van der Waals surface area contributed by atoms with Gasteiger partial charge in [-0.3, -0.25) is 4.79 Å². The van der Waals surface area contributed by atoms with Crippen molar-refractivity contribution in [2.24, 2.45) is 5.92 Å². The SMILES string of the molecule is CC(C)[C@H](C)N(CC(F)(F)F)C(=O)c1cc2c(cn1)OCCC2. The van der Waals surface area contributed by atoms with E-state index >= 15 is 0 Å². The minimum Gasteiger partial charge on any atom is -0.492 e. The maximum Gasteiger partial charge on any atom is 0.406 e. The summed E-state index contributed by atoms with van der Waals surface area (Å²) in [6.07, 6.45) is -1.47. The van der Waals surface area contributed by atoms with E-state index in [2.05, 4.69) is 4.98 Å². The molecule has 0 bridgehead atoms. The highest BCUT2D eigenvalue weighted by Crippen LogP contribution is 2.26. The Morgan fingerprint density at radius 1 is 1.39 bits per heavy atom. The molecule has 1 aromatic heterocycles. The molecule has 0 spiro atoms. The summed E-state index contributed by atoms with van der Waals surface area (Å²) in [6.45, 7) is 4.51. The van der Waals surface area contributed by atoms with Gasteiger partial charge in [0.05, 0.1) is 12.8 Å². The smallest absolute Gasteiger partial charge is 0.406 e. The van der Waals surface area contributed by atoms with Crippen molar-refractivity contribution in [2.75, 3.05) is 13.2 Å². The number of hydrogen-bond acceptors (Lipinski definition) is 3. The first kappa shape index (κ1) is 17.6. The molecule has 2 heterocycles. The van der Waals surface area contributed by atoms with Gasteiger partial charge in [0.15, 0.2) is 0 Å². The molecule has 2 rings (SSSR count). The number of amides is 1. The van der Waals surface area contributed by atoms with Crippen molar-refractivity contribution in [1.82, 2.24) is 9.88 Å². The summed E-state index contributed by atoms with van der Waals surface area (Å²) >= 11 is 0. The van der Waals surface area contributed by atoms with Crippen LogP contribution in [0, 0.1) is 5.92 Å². The number of fused-ring (bicyclic) bond motifs is 1. The molecule has 0 saturated heterocycles. The number of carbonyl (C=O) groups is 1. The number of rotatable bonds is 4. The van der Waals surface area contributed by atoms with E-state index in [0.29, 0.717) is 12.4 Å². The topological polar surface area (TPSA) is 42.4 Å². The fraction of sp³-hybridized carbons (Fsp3) is 0.625. The zero-order chi connectivity index (χ0) is 17.2. The van der Waals surface area contributed by atoms with E-state index in [1.807, 2.05) is 0 Å². The van der Waals surface area contributed by atoms with Gasteiger partial charge in [0.25, 0.3) is 5.91 Å². The molecule has 4 nitrogen and oxygen atoms in total. The van der Waals surface area contributed by atoms with Crippen LogP contribution in [0.2, 0.25) is 0 Å². The van der Waals surface area contributed by atoms with E-state index in [1.54, 1.807) is 26.8 Å². The number of aromatic nitrogens is 1. The second-order valence-corrected chi connectivity index (χ2v) is 6.16. The summed E-state index contributed by atoms with van der Waals surface area (Å²) in [5, 5.41) is 0. The summed E-state index contributed by atoms with van der Waals surface area (Å²) in [7, 11) is 0. The largest absolute Gasteiger partial charge is 0.492 e. The van der Waals surface area contributed by atoms with Crippen LogP contribution in [0.15, 0.2) is 12.3 Å². The van der Waals surface area contributed by atoms with Crippen molar-refractivity contribution in [2.45, 2.75) is 45.8 Å². The third kappa shape index (κ3) is 4.36. The van der Waals surface area contributed by atoms with E-state index < -0.39 is 24.7 Å². The van der Waals surface area contributed by atoms with Gasteiger partial charge in [0, 0.05) is 6.04 Å². The molecule has 1 amide bonds. The Bertz CT molecular complexity index is 573. The van der Waals surface area contributed by atoms with Gasteiger partial charge in [-0.1, -0.05) is 13.8 Å². The zero-order valence-electron chi connectivity index (χ0n) is 13.5. The average molecular weight is 330 g/mol. The second kappa shape index (κ2) is 6.76. The van der Waals surface area contributed by atoms with E-state index in [1.165, 1.54) is 6.20 Å². The third-order valence-corrected chi connectivity index (χ3v) is 4.08. The second-order valence-electron chi connectivity index (χ2n) is 6.16. The van der Waals surface area contributed by atoms with Crippen LogP contribution in [0.3, 0.4) is 0 Å². The highest BCUT2D eigenvalue weighted by atomic mass is 19.4. The molecule has 1 aliphatic heterocycles. The van der Waals surface area contributed by atoms with Crippen LogP contribution < -0.4 is 4.74 Å². The lowest BCUT2D eigenvalue weighted by Crippen LogP contribution is -2.46. The molecular formula is C16H21F3N2O2. The zero-order valence-corrected chi connectivity index (χ0v) is 13.5. The number of hydrogen-bond donors (Lipinski definition) is 0. The Morgan fingerprint density at radius 2 is 2.09 bits per heavy atom. The van der Waals surface area contributed by atoms with Crippen LogP contribution in [0.25, 0.3) is 0 Å². The summed E-state index contributed by atoms with van der Waals surface area (Å²) in [4.78, 5) is 17.4. The van der Waals surface area contributed by atoms with Crippen molar-refractivity contribution < 1.29 is 22.7 Å². The molecule has 23 heavy (non-hydrogen) atoms. The van der Waals surface area contributed by atoms with Gasteiger partial charge in [-0.25, -0.2) is 4.98 Å². The van der Waals surface area contributed by atoms with Crippen molar-refractivity contribution >= 4 is 5.91 Å². The molecule has 128 valence electrons. The van der Waals surface area contributed by atoms with E-state index in [-0.39, 0.29) is 11.6 Å². The molecule has 0 fully saturated rings. The maximum absolute atomic E-state index is 12.8. The van der Waals surface area contributed by atoms with Crippen LogP contribution in [0.5, 0.6) is 5.75 Å². The molecule has 0 N–H and O–H groups in total. The minimum atomic E-state index is -4.45. The van der Waals surface area contributed by atoms with Gasteiger partial charge in [-0.2, -0.15) is 13.2 Å². The predicted octanol–water partition coefficient (Wildman–Crippen LogP) is 3.46. The summed E-state index contributed by atoms with van der Waals surface area (Å²) in [5.41, 5.74) is 0.852. The fourth-order valence-electron chi connectivity index (χ4n) is 2.47. The van der Waals surface area contributed by atoms with Gasteiger partial charge in [-0.05, 0) is 37.3 Å². The van der Waals surface area contributed by atoms with E-state index in [4.69, 9.17) is 4.74 Å². The lowest BCUT2D eigenvalue weighted by atomic mass is 10.0. The first-order chi connectivity index (χ1) is 10.7. The third-order valence-electron chi connectivity index (χ3n) is 4.08. The van der Waals surface area contributed by atoms with Crippen LogP contribution in [0.4, 0.5) is 13.2 Å². The van der Waals surface area contributed by atoms with Crippen molar-refractivity contribution in [3.8, 4) is 5.75 Å². The highest BCUT2D eigenvalue weighted by Gasteiger charge is 2.37. The van der Waals surface area contributed by atoms with Crippen LogP contribution in [-0.2, 0) is 6.42 Å². The first-order valence-electron chi connectivity index (χ1n) is 7.68. The Balaban J connectivity index is 2.29. The summed E-state index contributed by atoms with van der Waals surface area (Å²) < 4.78 is 44.0. The van der Waals surface area contributed by atoms with Gasteiger partial charge >= 0.3 is 6.18 Å². The standard InChI is InChI=1S/C16H21F3N2O2/c1-10(2)11(3)21(9-16(17,18)19)15(22)13-7-12-5-4-6-23-14(12)8-20-13/h7-8,10-11H,4-6,9H2,1-3H3/t11-/m0/s1. The van der Waals surface area contributed by atoms with Crippen molar-refractivity contribution in [3.63, 3.8) is 0 Å². The Hall–Kier alpha value is -1.79. The summed E-state index contributed by atoms with van der Waals surface area (Å²) in [6, 6.07) is 1.01. The molecule has 0 saturated carbocycles. The number of nitrogens with zero attached hydrogens (tertiary/aromatic N) is 2. The van der Waals surface area contributed by atoms with Crippen LogP contribution in [-0.4, -0.2) is 41.2 Å². The fourth-order valence-corrected chi connectivity index (χ4v) is 2.47. The average Bonchev–Trinajstić information content (AvgIpc) is 2.49. The maximum atomic E-state index is 12.8. The number of ether oxygens (including phenoxy) is 1. The Kier molecular flexibility index (Phi) is 5.16. The van der Waals surface area contributed by atoms with Gasteiger partial charge in [-0.15, -0.1) is 0 Å². The lowest BCUT2D eigenvalue weighted by molar-refractivity contribution is -0.145. The van der Waals surface area contributed by atoms with Crippen molar-refractivity contribution in [3.05, 3.63) is 23.5 Å². The molecule has 0 aliphatic carbocycles. The lowest BCUT2D eigenvalue weighted by Gasteiger charge is -2.32. The molecule has 0 unspecified atom stereocenters. The molecular weight excluding hydrogens is 309 g/mol. The van der Waals surface area contributed by atoms with Crippen LogP contribution >= 0.6 is 0 Å². The highest BCUT2D eigenvalue weighted by molar-refractivity contribution is 5.93. The first-order valence-corrected chi connectivity index (χ1v) is 7.68. The number of alkyl halides is 3. The predicted molar refractivity (Wildman–Crippen MR) is 79.4 cm³/mol. The molecule has 7 heteroatoms. The molecule has 1 aromatic rings. The normalized spacial score (nSPS) is 15.8. The molecule has 1 atom stereocenters. The number of pyridine rings is 1. The Morgan fingerprint density at radius 3 is 2.70 bits per heavy atom. The molecule has 1 aliphatic rings. The van der Waals surface area contributed by atoms with Gasteiger partial charge in [0.1, 0.15) is 18.0 Å². The van der Waals surface area contributed by atoms with E-state index in [0.717, 1.165) is 23.3 Å². The number of halogens is 3. The van der Waals surface area contributed by atoms with Gasteiger partial charge < -0.3 is 9.64 Å². The molecule has 0 radical (unpaired) electrons. The summed E-state index contributed by atoms with van der Waals surface area (Å²) in [5.74, 6) is -0.189. The quantitative estimate of drug-likeness (QED) is 0.849. The Labute approximate surface area is 133 Å².